The van der Waals surface area contributed by atoms with Gasteiger partial charge in [-0.1, -0.05) is 18.2 Å². The number of halogens is 1. The lowest BCUT2D eigenvalue weighted by molar-refractivity contribution is -0.133. The average Bonchev–Trinajstić information content (AvgIpc) is 3.31. The van der Waals surface area contributed by atoms with Gasteiger partial charge in [0.1, 0.15) is 11.9 Å². The van der Waals surface area contributed by atoms with E-state index in [1.807, 2.05) is 35.4 Å². The molecular weight excluding hydrogens is 447 g/mol. The van der Waals surface area contributed by atoms with Crippen molar-refractivity contribution in [3.8, 4) is 0 Å². The highest BCUT2D eigenvalue weighted by molar-refractivity contribution is 5.98. The Kier molecular flexibility index (Phi) is 6.38. The molecule has 0 radical (unpaired) electrons. The summed E-state index contributed by atoms with van der Waals surface area (Å²) >= 11 is 0. The van der Waals surface area contributed by atoms with Gasteiger partial charge in [0.15, 0.2) is 0 Å². The molecule has 0 aliphatic carbocycles. The van der Waals surface area contributed by atoms with Gasteiger partial charge >= 0.3 is 0 Å². The SMILES string of the molecule is O=C(N[C@@H](Cc1c[nH]c2ccccc12)C(=O)N1CCN(c2ncccn2)CC1)c1ccc(F)cc1. The van der Waals surface area contributed by atoms with Crippen LogP contribution in [0, 0.1) is 5.82 Å². The first kappa shape index (κ1) is 22.5. The van der Waals surface area contributed by atoms with Crippen LogP contribution in [0.1, 0.15) is 15.9 Å². The van der Waals surface area contributed by atoms with Gasteiger partial charge in [0, 0.05) is 67.7 Å². The lowest BCUT2D eigenvalue weighted by Crippen LogP contribution is -2.55. The zero-order valence-corrected chi connectivity index (χ0v) is 19.0. The number of nitrogens with one attached hydrogen (secondary N) is 2. The number of carbonyl (C=O) groups is 2. The van der Waals surface area contributed by atoms with E-state index in [9.17, 15) is 14.0 Å². The Morgan fingerprint density at radius 3 is 2.43 bits per heavy atom. The maximum Gasteiger partial charge on any atom is 0.251 e. The third-order valence-corrected chi connectivity index (χ3v) is 6.24. The predicted molar refractivity (Wildman–Crippen MR) is 130 cm³/mol. The Labute approximate surface area is 201 Å². The normalized spacial score (nSPS) is 14.7. The van der Waals surface area contributed by atoms with E-state index < -0.39 is 17.8 Å². The molecule has 0 bridgehead atoms. The summed E-state index contributed by atoms with van der Waals surface area (Å²) < 4.78 is 13.3. The number of rotatable bonds is 6. The first-order chi connectivity index (χ1) is 17.1. The zero-order valence-electron chi connectivity index (χ0n) is 19.0. The molecule has 1 saturated heterocycles. The van der Waals surface area contributed by atoms with Crippen molar-refractivity contribution in [2.75, 3.05) is 31.1 Å². The van der Waals surface area contributed by atoms with Gasteiger partial charge in [-0.15, -0.1) is 0 Å². The maximum absolute atomic E-state index is 13.6. The monoisotopic (exact) mass is 472 g/mol. The Bertz CT molecular complexity index is 1320. The molecule has 8 nitrogen and oxygen atoms in total. The first-order valence-corrected chi connectivity index (χ1v) is 11.5. The highest BCUT2D eigenvalue weighted by Gasteiger charge is 2.30. The number of nitrogens with zero attached hydrogens (tertiary/aromatic N) is 4. The Balaban J connectivity index is 1.34. The second-order valence-electron chi connectivity index (χ2n) is 8.46. The van der Waals surface area contributed by atoms with Crippen molar-refractivity contribution >= 4 is 28.7 Å². The number of amides is 2. The Hall–Kier alpha value is -4.27. The number of hydrogen-bond donors (Lipinski definition) is 2. The van der Waals surface area contributed by atoms with E-state index in [0.717, 1.165) is 16.5 Å². The second kappa shape index (κ2) is 9.92. The molecule has 4 aromatic rings. The van der Waals surface area contributed by atoms with Crippen LogP contribution >= 0.6 is 0 Å². The molecule has 2 aromatic heterocycles. The number of carbonyl (C=O) groups excluding carboxylic acids is 2. The van der Waals surface area contributed by atoms with Gasteiger partial charge in [0.25, 0.3) is 5.91 Å². The molecule has 1 aliphatic heterocycles. The summed E-state index contributed by atoms with van der Waals surface area (Å²) in [6, 6.07) is 14.1. The van der Waals surface area contributed by atoms with Gasteiger partial charge in [-0.3, -0.25) is 9.59 Å². The fraction of sp³-hybridized carbons (Fsp3) is 0.231. The van der Waals surface area contributed by atoms with Crippen LogP contribution < -0.4 is 10.2 Å². The number of hydrogen-bond acceptors (Lipinski definition) is 5. The van der Waals surface area contributed by atoms with Crippen molar-refractivity contribution in [3.63, 3.8) is 0 Å². The van der Waals surface area contributed by atoms with Crippen LogP contribution in [0.25, 0.3) is 10.9 Å². The third-order valence-electron chi connectivity index (χ3n) is 6.24. The summed E-state index contributed by atoms with van der Waals surface area (Å²) in [7, 11) is 0. The van der Waals surface area contributed by atoms with Crippen LogP contribution in [0.4, 0.5) is 10.3 Å². The smallest absolute Gasteiger partial charge is 0.251 e. The summed E-state index contributed by atoms with van der Waals surface area (Å²) in [6.45, 7) is 2.19. The molecule has 0 unspecified atom stereocenters. The number of H-pyrrole nitrogens is 1. The van der Waals surface area contributed by atoms with E-state index in [1.54, 1.807) is 23.4 Å². The lowest BCUT2D eigenvalue weighted by Gasteiger charge is -2.36. The first-order valence-electron chi connectivity index (χ1n) is 11.5. The van der Waals surface area contributed by atoms with Gasteiger partial charge in [-0.25, -0.2) is 14.4 Å². The van der Waals surface area contributed by atoms with Crippen molar-refractivity contribution in [1.82, 2.24) is 25.2 Å². The van der Waals surface area contributed by atoms with Crippen LogP contribution in [0.3, 0.4) is 0 Å². The van der Waals surface area contributed by atoms with Crippen molar-refractivity contribution in [2.24, 2.45) is 0 Å². The molecule has 1 aliphatic rings. The minimum atomic E-state index is -0.772. The highest BCUT2D eigenvalue weighted by Crippen LogP contribution is 2.20. The highest BCUT2D eigenvalue weighted by atomic mass is 19.1. The summed E-state index contributed by atoms with van der Waals surface area (Å²) in [6.07, 6.45) is 5.60. The third kappa shape index (κ3) is 4.98. The zero-order chi connectivity index (χ0) is 24.2. The van der Waals surface area contributed by atoms with E-state index >= 15 is 0 Å². The molecule has 1 atom stereocenters. The quantitative estimate of drug-likeness (QED) is 0.450. The summed E-state index contributed by atoms with van der Waals surface area (Å²) in [4.78, 5) is 42.2. The van der Waals surface area contributed by atoms with Crippen LogP contribution in [-0.4, -0.2) is 63.9 Å². The van der Waals surface area contributed by atoms with Gasteiger partial charge in [-0.2, -0.15) is 0 Å². The van der Waals surface area contributed by atoms with Crippen molar-refractivity contribution in [3.05, 3.63) is 90.1 Å². The number of benzene rings is 2. The van der Waals surface area contributed by atoms with Crippen LogP contribution in [0.2, 0.25) is 0 Å². The van der Waals surface area contributed by atoms with Gasteiger partial charge in [-0.05, 0) is 42.0 Å². The van der Waals surface area contributed by atoms with E-state index in [4.69, 9.17) is 0 Å². The minimum absolute atomic E-state index is 0.153. The van der Waals surface area contributed by atoms with Crippen molar-refractivity contribution < 1.29 is 14.0 Å². The molecule has 1 fully saturated rings. The summed E-state index contributed by atoms with van der Waals surface area (Å²) in [5.41, 5.74) is 2.21. The molecule has 0 saturated carbocycles. The van der Waals surface area contributed by atoms with Crippen molar-refractivity contribution in [1.29, 1.82) is 0 Å². The molecule has 178 valence electrons. The number of para-hydroxylation sites is 1. The Morgan fingerprint density at radius 2 is 1.69 bits per heavy atom. The van der Waals surface area contributed by atoms with E-state index in [-0.39, 0.29) is 5.91 Å². The molecule has 2 amide bonds. The fourth-order valence-corrected chi connectivity index (χ4v) is 4.37. The van der Waals surface area contributed by atoms with E-state index in [2.05, 4.69) is 20.3 Å². The molecule has 3 heterocycles. The lowest BCUT2D eigenvalue weighted by atomic mass is 10.0. The summed E-state index contributed by atoms with van der Waals surface area (Å²) in [5, 5.41) is 3.90. The number of piperazine rings is 1. The molecular formula is C26H25FN6O2. The minimum Gasteiger partial charge on any atom is -0.361 e. The Morgan fingerprint density at radius 1 is 0.971 bits per heavy atom. The van der Waals surface area contributed by atoms with E-state index in [0.29, 0.717) is 44.1 Å². The van der Waals surface area contributed by atoms with Crippen LogP contribution in [0.15, 0.2) is 73.2 Å². The van der Waals surface area contributed by atoms with Crippen molar-refractivity contribution in [2.45, 2.75) is 12.5 Å². The van der Waals surface area contributed by atoms with Gasteiger partial charge < -0.3 is 20.1 Å². The molecule has 35 heavy (non-hydrogen) atoms. The average molecular weight is 473 g/mol. The second-order valence-corrected chi connectivity index (χ2v) is 8.46. The topological polar surface area (TPSA) is 94.2 Å². The molecule has 0 spiro atoms. The molecule has 2 N–H and O–H groups in total. The largest absolute Gasteiger partial charge is 0.361 e. The number of aromatic amines is 1. The van der Waals surface area contributed by atoms with E-state index in [1.165, 1.54) is 24.3 Å². The molecule has 2 aromatic carbocycles. The summed E-state index contributed by atoms with van der Waals surface area (Å²) in [5.74, 6) is -0.355. The fourth-order valence-electron chi connectivity index (χ4n) is 4.37. The van der Waals surface area contributed by atoms with Crippen LogP contribution in [0.5, 0.6) is 0 Å². The number of anilines is 1. The molecule has 9 heteroatoms. The standard InChI is InChI=1S/C26H25FN6O2/c27-20-8-6-18(7-9-20)24(34)31-23(16-19-17-30-22-5-2-1-4-21(19)22)25(35)32-12-14-33(15-13-32)26-28-10-3-11-29-26/h1-11,17,23,30H,12-16H2,(H,31,34)/t23-/m0/s1. The number of fused-ring (bicyclic) bond motifs is 1. The van der Waals surface area contributed by atoms with Crippen LogP contribution in [-0.2, 0) is 11.2 Å². The van der Waals surface area contributed by atoms with Gasteiger partial charge in [0.2, 0.25) is 11.9 Å². The maximum atomic E-state index is 13.6. The van der Waals surface area contributed by atoms with Gasteiger partial charge in [0.05, 0.1) is 0 Å². The molecule has 5 rings (SSSR count). The predicted octanol–water partition coefficient (Wildman–Crippen LogP) is 2.79. The number of aromatic nitrogens is 3.